The monoisotopic (exact) mass is 742 g/mol. The summed E-state index contributed by atoms with van der Waals surface area (Å²) >= 11 is 5.99. The van der Waals surface area contributed by atoms with Gasteiger partial charge < -0.3 is 0 Å². The number of thioether (sulfide) groups is 1. The van der Waals surface area contributed by atoms with Gasteiger partial charge >= 0.3 is 0 Å². The molecule has 1 aromatic heterocycles. The van der Waals surface area contributed by atoms with Crippen LogP contribution in [0.5, 0.6) is 0 Å². The Hall–Kier alpha value is -4.77. The third-order valence-corrected chi connectivity index (χ3v) is 12.7. The number of nitrogens with zero attached hydrogens (tertiary/aromatic N) is 2. The molecule has 51 heavy (non-hydrogen) atoms. The van der Waals surface area contributed by atoms with Gasteiger partial charge in [0.15, 0.2) is 0 Å². The van der Waals surface area contributed by atoms with Crippen LogP contribution in [0.15, 0.2) is 166 Å². The third-order valence-electron chi connectivity index (χ3n) is 10.2. The summed E-state index contributed by atoms with van der Waals surface area (Å²) in [6, 6.07) is 42.5. The van der Waals surface area contributed by atoms with Crippen LogP contribution < -0.4 is 0 Å². The second-order valence-corrected chi connectivity index (χ2v) is 15.4. The highest BCUT2D eigenvalue weighted by atomic mass is 79.9. The zero-order valence-electron chi connectivity index (χ0n) is 29.2. The van der Waals surface area contributed by atoms with Gasteiger partial charge in [0, 0.05) is 26.3 Å². The minimum absolute atomic E-state index is 0.425. The number of fused-ring (bicyclic) bond motifs is 3. The first-order chi connectivity index (χ1) is 24.9. The standard InChI is InChI=1S/C32H27BrS.C15H12N2/c1-20-8-3-5-11-25(20)28-18-23(15-14-21(28)2)24-16-17-30-29(19-24)31(33)32(34-30)27-13-7-10-22-9-4-6-12-26(22)27;1-11-16-14-10-6-5-9-13(14)15(17-11)12-7-3-2-4-8-12/h3-13,16-18,29H,14-15,19H2,1-2H3;2-10H,1H3. The highest BCUT2D eigenvalue weighted by Crippen LogP contribution is 2.57. The molecule has 0 saturated heterocycles. The molecular weight excluding hydrogens is 705 g/mol. The second-order valence-electron chi connectivity index (χ2n) is 13.5. The largest absolute Gasteiger partial charge is 0.233 e. The van der Waals surface area contributed by atoms with Crippen molar-refractivity contribution in [2.45, 2.75) is 40.0 Å². The normalized spacial score (nSPS) is 17.1. The Balaban J connectivity index is 0.000000184. The summed E-state index contributed by atoms with van der Waals surface area (Å²) in [6.45, 7) is 6.45. The van der Waals surface area contributed by atoms with Crippen molar-refractivity contribution in [2.24, 2.45) is 5.92 Å². The minimum Gasteiger partial charge on any atom is -0.233 e. The summed E-state index contributed by atoms with van der Waals surface area (Å²) in [7, 11) is 0. The zero-order chi connectivity index (χ0) is 34.9. The van der Waals surface area contributed by atoms with E-state index in [1.54, 1.807) is 0 Å². The number of hydrogen-bond donors (Lipinski definition) is 0. The Labute approximate surface area is 313 Å². The van der Waals surface area contributed by atoms with E-state index in [1.807, 2.05) is 55.1 Å². The number of hydrogen-bond acceptors (Lipinski definition) is 3. The van der Waals surface area contributed by atoms with Gasteiger partial charge in [0.2, 0.25) is 0 Å². The fourth-order valence-electron chi connectivity index (χ4n) is 7.45. The van der Waals surface area contributed by atoms with Crippen LogP contribution in [0.2, 0.25) is 0 Å². The van der Waals surface area contributed by atoms with Gasteiger partial charge in [-0.05, 0) is 95.2 Å². The van der Waals surface area contributed by atoms with Crippen molar-refractivity contribution < 1.29 is 0 Å². The van der Waals surface area contributed by atoms with Crippen molar-refractivity contribution in [3.63, 3.8) is 0 Å². The lowest BCUT2D eigenvalue weighted by molar-refractivity contribution is 0.760. The summed E-state index contributed by atoms with van der Waals surface area (Å²) < 4.78 is 1.34. The smallest absolute Gasteiger partial charge is 0.126 e. The van der Waals surface area contributed by atoms with Crippen LogP contribution in [0.25, 0.3) is 43.4 Å². The van der Waals surface area contributed by atoms with E-state index in [2.05, 4.69) is 143 Å². The van der Waals surface area contributed by atoms with Gasteiger partial charge in [-0.25, -0.2) is 9.97 Å². The van der Waals surface area contributed by atoms with E-state index in [9.17, 15) is 0 Å². The first-order valence-corrected chi connectivity index (χ1v) is 19.3. The fraction of sp³-hybridized carbons (Fsp3) is 0.149. The molecule has 0 spiro atoms. The molecule has 2 heterocycles. The van der Waals surface area contributed by atoms with E-state index in [0.717, 1.165) is 47.2 Å². The first kappa shape index (κ1) is 33.4. The molecule has 5 aromatic carbocycles. The van der Waals surface area contributed by atoms with Crippen molar-refractivity contribution in [3.8, 4) is 11.3 Å². The van der Waals surface area contributed by atoms with Gasteiger partial charge in [-0.1, -0.05) is 167 Å². The SMILES string of the molecule is CC1=C(c2ccccc2C)C=C(C2=CC=C3SC(c4cccc5ccccc45)=C(Br)C3C2)CC1.Cc1nc(-c2ccccc2)c2ccccc2n1. The van der Waals surface area contributed by atoms with Crippen LogP contribution in [0.3, 0.4) is 0 Å². The molecule has 1 atom stereocenters. The molecular formula is C47H39BrN2S. The third kappa shape index (κ3) is 6.71. The topological polar surface area (TPSA) is 25.8 Å². The summed E-state index contributed by atoms with van der Waals surface area (Å²) in [5.74, 6) is 1.23. The zero-order valence-corrected chi connectivity index (χ0v) is 31.6. The Morgan fingerprint density at radius 3 is 2.20 bits per heavy atom. The summed E-state index contributed by atoms with van der Waals surface area (Å²) in [5, 5.41) is 3.73. The average molecular weight is 744 g/mol. The maximum atomic E-state index is 4.56. The van der Waals surface area contributed by atoms with E-state index in [0.29, 0.717) is 5.92 Å². The van der Waals surface area contributed by atoms with Gasteiger partial charge in [-0.3, -0.25) is 0 Å². The molecule has 1 unspecified atom stereocenters. The number of para-hydroxylation sites is 1. The molecule has 0 N–H and O–H groups in total. The number of rotatable bonds is 4. The van der Waals surface area contributed by atoms with E-state index in [-0.39, 0.29) is 0 Å². The van der Waals surface area contributed by atoms with Gasteiger partial charge in [-0.2, -0.15) is 0 Å². The number of halogens is 1. The maximum absolute atomic E-state index is 4.56. The lowest BCUT2D eigenvalue weighted by Gasteiger charge is -2.25. The molecule has 250 valence electrons. The predicted octanol–water partition coefficient (Wildman–Crippen LogP) is 13.6. The first-order valence-electron chi connectivity index (χ1n) is 17.7. The van der Waals surface area contributed by atoms with Crippen molar-refractivity contribution in [1.82, 2.24) is 9.97 Å². The Kier molecular flexibility index (Phi) is 9.46. The molecule has 0 bridgehead atoms. The summed E-state index contributed by atoms with van der Waals surface area (Å²) in [5.41, 5.74) is 13.1. The molecule has 0 saturated carbocycles. The van der Waals surface area contributed by atoms with E-state index in [1.165, 1.54) is 64.0 Å². The predicted molar refractivity (Wildman–Crippen MR) is 222 cm³/mol. The summed E-state index contributed by atoms with van der Waals surface area (Å²) in [4.78, 5) is 11.8. The molecule has 4 heteroatoms. The van der Waals surface area contributed by atoms with Gasteiger partial charge in [0.1, 0.15) is 5.82 Å². The maximum Gasteiger partial charge on any atom is 0.126 e. The Morgan fingerprint density at radius 2 is 1.35 bits per heavy atom. The highest BCUT2D eigenvalue weighted by molar-refractivity contribution is 9.12. The van der Waals surface area contributed by atoms with Crippen LogP contribution in [-0.2, 0) is 0 Å². The molecule has 2 aliphatic carbocycles. The summed E-state index contributed by atoms with van der Waals surface area (Å²) in [6.07, 6.45) is 10.6. The van der Waals surface area contributed by atoms with Crippen LogP contribution in [0, 0.1) is 19.8 Å². The van der Waals surface area contributed by atoms with E-state index < -0.39 is 0 Å². The molecule has 9 rings (SSSR count). The van der Waals surface area contributed by atoms with Crippen LogP contribution >= 0.6 is 27.7 Å². The van der Waals surface area contributed by atoms with Crippen molar-refractivity contribution in [1.29, 1.82) is 0 Å². The quantitative estimate of drug-likeness (QED) is 0.180. The Bertz CT molecular complexity index is 2460. The van der Waals surface area contributed by atoms with Crippen molar-refractivity contribution in [2.75, 3.05) is 0 Å². The molecule has 6 aromatic rings. The van der Waals surface area contributed by atoms with Gasteiger partial charge in [0.05, 0.1) is 11.2 Å². The van der Waals surface area contributed by atoms with Gasteiger partial charge in [0.25, 0.3) is 0 Å². The molecule has 1 aliphatic heterocycles. The van der Waals surface area contributed by atoms with Crippen LogP contribution in [0.1, 0.15) is 48.7 Å². The highest BCUT2D eigenvalue weighted by Gasteiger charge is 2.34. The lowest BCUT2D eigenvalue weighted by atomic mass is 9.81. The minimum atomic E-state index is 0.425. The van der Waals surface area contributed by atoms with Crippen molar-refractivity contribution in [3.05, 3.63) is 188 Å². The molecule has 0 amide bonds. The molecule has 2 nitrogen and oxygen atoms in total. The number of aryl methyl sites for hydroxylation is 2. The lowest BCUT2D eigenvalue weighted by Crippen LogP contribution is -2.08. The van der Waals surface area contributed by atoms with Crippen molar-refractivity contribution >= 4 is 59.8 Å². The molecule has 0 fully saturated rings. The van der Waals surface area contributed by atoms with E-state index in [4.69, 9.17) is 0 Å². The van der Waals surface area contributed by atoms with E-state index >= 15 is 0 Å². The number of aromatic nitrogens is 2. The fourth-order valence-corrected chi connectivity index (χ4v) is 9.71. The number of benzene rings is 5. The second kappa shape index (κ2) is 14.5. The molecule has 3 aliphatic rings. The van der Waals surface area contributed by atoms with Crippen LogP contribution in [0.4, 0.5) is 0 Å². The van der Waals surface area contributed by atoms with Crippen LogP contribution in [-0.4, -0.2) is 9.97 Å². The average Bonchev–Trinajstić information content (AvgIpc) is 3.50. The molecule has 0 radical (unpaired) electrons. The number of allylic oxidation sites excluding steroid dienone is 9. The van der Waals surface area contributed by atoms with Gasteiger partial charge in [-0.15, -0.1) is 0 Å². The Morgan fingerprint density at radius 1 is 0.647 bits per heavy atom.